The molecule has 0 saturated carbocycles. The number of benzene rings is 1. The van der Waals surface area contributed by atoms with Crippen molar-refractivity contribution in [1.29, 1.82) is 0 Å². The Kier molecular flexibility index (Phi) is 7.46. The normalized spacial score (nSPS) is 10.9. The van der Waals surface area contributed by atoms with Crippen molar-refractivity contribution < 1.29 is 0 Å². The van der Waals surface area contributed by atoms with E-state index in [0.29, 0.717) is 5.69 Å². The molecule has 0 amide bonds. The minimum absolute atomic E-state index is 0.643. The number of hydrogen-bond donors (Lipinski definition) is 0. The van der Waals surface area contributed by atoms with Crippen LogP contribution in [0.4, 0.5) is 5.69 Å². The zero-order chi connectivity index (χ0) is 16.5. The van der Waals surface area contributed by atoms with Gasteiger partial charge >= 0.3 is 0 Å². The molecule has 5 nitrogen and oxygen atoms in total. The molecule has 23 heavy (non-hydrogen) atoms. The van der Waals surface area contributed by atoms with E-state index >= 15 is 0 Å². The highest BCUT2D eigenvalue weighted by molar-refractivity contribution is 8.76. The van der Waals surface area contributed by atoms with Crippen molar-refractivity contribution in [3.05, 3.63) is 41.9 Å². The molecule has 0 aliphatic rings. The fraction of sp³-hybridized carbons (Fsp3) is 0.438. The van der Waals surface area contributed by atoms with Gasteiger partial charge in [0.25, 0.3) is 0 Å². The van der Waals surface area contributed by atoms with E-state index in [1.54, 1.807) is 0 Å². The molecule has 0 unspecified atom stereocenters. The Morgan fingerprint density at radius 2 is 1.91 bits per heavy atom. The van der Waals surface area contributed by atoms with Crippen LogP contribution < -0.4 is 0 Å². The summed E-state index contributed by atoms with van der Waals surface area (Å²) in [6.07, 6.45) is 3.05. The monoisotopic (exact) mass is 347 g/mol. The average molecular weight is 348 g/mol. The van der Waals surface area contributed by atoms with Crippen molar-refractivity contribution >= 4 is 27.3 Å². The van der Waals surface area contributed by atoms with E-state index in [2.05, 4.69) is 34.2 Å². The van der Waals surface area contributed by atoms with Crippen LogP contribution in [0, 0.1) is 6.57 Å². The predicted octanol–water partition coefficient (Wildman–Crippen LogP) is 3.83. The Morgan fingerprint density at radius 1 is 1.17 bits per heavy atom. The van der Waals surface area contributed by atoms with Gasteiger partial charge in [-0.2, -0.15) is 0 Å². The molecule has 1 aromatic heterocycles. The summed E-state index contributed by atoms with van der Waals surface area (Å²) in [4.78, 5) is 5.60. The van der Waals surface area contributed by atoms with Gasteiger partial charge in [0.05, 0.1) is 12.8 Å². The molecule has 2 rings (SSSR count). The molecule has 2 aromatic rings. The Morgan fingerprint density at radius 3 is 2.61 bits per heavy atom. The SMILES string of the molecule is [C-]#[N+]c1ccc(-c2cn(CCCSSCCN(C)C)nn2)cc1. The molecule has 0 fully saturated rings. The topological polar surface area (TPSA) is 38.3 Å². The highest BCUT2D eigenvalue weighted by Crippen LogP contribution is 2.22. The second kappa shape index (κ2) is 9.60. The fourth-order valence-electron chi connectivity index (χ4n) is 1.87. The average Bonchev–Trinajstić information content (AvgIpc) is 3.02. The molecule has 0 spiro atoms. The van der Waals surface area contributed by atoms with Crippen molar-refractivity contribution in [2.24, 2.45) is 0 Å². The smallest absolute Gasteiger partial charge is 0.187 e. The number of rotatable bonds is 9. The largest absolute Gasteiger partial charge is 0.309 e. The lowest BCUT2D eigenvalue weighted by atomic mass is 10.1. The molecule has 7 heteroatoms. The van der Waals surface area contributed by atoms with Crippen molar-refractivity contribution in [1.82, 2.24) is 19.9 Å². The maximum Gasteiger partial charge on any atom is 0.187 e. The van der Waals surface area contributed by atoms with Crippen LogP contribution in [0.2, 0.25) is 0 Å². The summed E-state index contributed by atoms with van der Waals surface area (Å²) in [7, 11) is 8.05. The molecule has 0 N–H and O–H groups in total. The molecule has 122 valence electrons. The standard InChI is InChI=1S/C16H21N5S2/c1-17-15-7-5-14(6-8-15)16-13-21(19-18-16)9-4-11-22-23-12-10-20(2)3/h5-8,13H,4,9-12H2,2-3H3. The first-order valence-electron chi connectivity index (χ1n) is 7.46. The fourth-order valence-corrected chi connectivity index (χ4v) is 4.08. The summed E-state index contributed by atoms with van der Waals surface area (Å²) in [5.41, 5.74) is 2.50. The summed E-state index contributed by atoms with van der Waals surface area (Å²) in [6, 6.07) is 7.45. The third-order valence-electron chi connectivity index (χ3n) is 3.15. The molecule has 0 saturated heterocycles. The molecule has 0 aliphatic carbocycles. The van der Waals surface area contributed by atoms with Crippen LogP contribution in [0.5, 0.6) is 0 Å². The van der Waals surface area contributed by atoms with Crippen molar-refractivity contribution in [2.45, 2.75) is 13.0 Å². The van der Waals surface area contributed by atoms with Crippen LogP contribution in [0.1, 0.15) is 6.42 Å². The molecule has 0 aliphatic heterocycles. The second-order valence-corrected chi connectivity index (χ2v) is 8.03. The first kappa shape index (κ1) is 17.9. The number of hydrogen-bond acceptors (Lipinski definition) is 5. The van der Waals surface area contributed by atoms with Gasteiger partial charge in [-0.1, -0.05) is 51.1 Å². The van der Waals surface area contributed by atoms with Crippen LogP contribution >= 0.6 is 21.6 Å². The molecule has 1 aromatic carbocycles. The molecular weight excluding hydrogens is 326 g/mol. The maximum atomic E-state index is 6.97. The van der Waals surface area contributed by atoms with Gasteiger partial charge in [0.2, 0.25) is 0 Å². The van der Waals surface area contributed by atoms with Gasteiger partial charge in [0.1, 0.15) is 5.69 Å². The van der Waals surface area contributed by atoms with E-state index in [-0.39, 0.29) is 0 Å². The summed E-state index contributed by atoms with van der Waals surface area (Å²) in [5, 5.41) is 8.38. The van der Waals surface area contributed by atoms with E-state index in [0.717, 1.165) is 42.3 Å². The Labute approximate surface area is 145 Å². The van der Waals surface area contributed by atoms with Gasteiger partial charge in [-0.05, 0) is 20.5 Å². The second-order valence-electron chi connectivity index (χ2n) is 5.33. The molecular formula is C16H21N5S2. The van der Waals surface area contributed by atoms with E-state index in [4.69, 9.17) is 6.57 Å². The zero-order valence-corrected chi connectivity index (χ0v) is 15.1. The lowest BCUT2D eigenvalue weighted by Crippen LogP contribution is -2.14. The molecule has 0 bridgehead atoms. The van der Waals surface area contributed by atoms with Crippen LogP contribution in [-0.4, -0.2) is 52.0 Å². The van der Waals surface area contributed by atoms with Gasteiger partial charge in [0.15, 0.2) is 5.69 Å². The lowest BCUT2D eigenvalue weighted by Gasteiger charge is -2.07. The van der Waals surface area contributed by atoms with E-state index < -0.39 is 0 Å². The van der Waals surface area contributed by atoms with E-state index in [1.165, 1.54) is 0 Å². The number of aromatic nitrogens is 3. The summed E-state index contributed by atoms with van der Waals surface area (Å²) >= 11 is 0. The van der Waals surface area contributed by atoms with E-state index in [1.807, 2.05) is 56.7 Å². The third-order valence-corrected chi connectivity index (χ3v) is 5.62. The lowest BCUT2D eigenvalue weighted by molar-refractivity contribution is 0.438. The first-order valence-corrected chi connectivity index (χ1v) is 9.95. The maximum absolute atomic E-state index is 6.97. The number of aryl methyl sites for hydroxylation is 1. The molecule has 1 heterocycles. The Balaban J connectivity index is 1.71. The van der Waals surface area contributed by atoms with Crippen LogP contribution in [0.15, 0.2) is 30.5 Å². The minimum Gasteiger partial charge on any atom is -0.309 e. The quantitative estimate of drug-likeness (QED) is 0.391. The highest BCUT2D eigenvalue weighted by atomic mass is 33.1. The minimum atomic E-state index is 0.643. The van der Waals surface area contributed by atoms with Gasteiger partial charge in [-0.15, -0.1) is 5.10 Å². The highest BCUT2D eigenvalue weighted by Gasteiger charge is 2.04. The Hall–Kier alpha value is -1.49. The predicted molar refractivity (Wildman–Crippen MR) is 99.8 cm³/mol. The zero-order valence-electron chi connectivity index (χ0n) is 13.5. The van der Waals surface area contributed by atoms with Gasteiger partial charge in [-0.3, -0.25) is 4.68 Å². The van der Waals surface area contributed by atoms with Crippen molar-refractivity contribution in [2.75, 3.05) is 32.1 Å². The van der Waals surface area contributed by atoms with Gasteiger partial charge in [-0.25, -0.2) is 4.85 Å². The summed E-state index contributed by atoms with van der Waals surface area (Å²) in [6.45, 7) is 8.97. The summed E-state index contributed by atoms with van der Waals surface area (Å²) in [5.74, 6) is 2.28. The number of nitrogens with zero attached hydrogens (tertiary/aromatic N) is 5. The van der Waals surface area contributed by atoms with Crippen molar-refractivity contribution in [3.63, 3.8) is 0 Å². The first-order chi connectivity index (χ1) is 11.2. The van der Waals surface area contributed by atoms with Gasteiger partial charge in [0, 0.05) is 30.2 Å². The van der Waals surface area contributed by atoms with Crippen LogP contribution in [0.3, 0.4) is 0 Å². The molecule has 0 atom stereocenters. The third kappa shape index (κ3) is 6.26. The van der Waals surface area contributed by atoms with E-state index in [9.17, 15) is 0 Å². The van der Waals surface area contributed by atoms with Crippen LogP contribution in [0.25, 0.3) is 16.1 Å². The Bertz CT molecular complexity index is 631. The molecule has 0 radical (unpaired) electrons. The van der Waals surface area contributed by atoms with Gasteiger partial charge < -0.3 is 4.90 Å². The van der Waals surface area contributed by atoms with Crippen molar-refractivity contribution in [3.8, 4) is 11.3 Å². The summed E-state index contributed by atoms with van der Waals surface area (Å²) < 4.78 is 1.89. The van der Waals surface area contributed by atoms with Crippen LogP contribution in [-0.2, 0) is 6.54 Å².